The van der Waals surface area contributed by atoms with Gasteiger partial charge in [-0.25, -0.2) is 0 Å². The minimum atomic E-state index is 0.534. The summed E-state index contributed by atoms with van der Waals surface area (Å²) in [5.41, 5.74) is 10.5. The number of nitrogen functional groups attached to an aromatic ring is 1. The lowest BCUT2D eigenvalue weighted by atomic mass is 10.0. The molecule has 2 heterocycles. The number of anilines is 2. The SMILES string of the molecule is COc1nnc(-c2cc(N)ccc2C)cc1N1CCOCC1. The summed E-state index contributed by atoms with van der Waals surface area (Å²) >= 11 is 0. The Morgan fingerprint density at radius 1 is 1.18 bits per heavy atom. The van der Waals surface area contributed by atoms with Gasteiger partial charge in [-0.05, 0) is 30.7 Å². The first-order chi connectivity index (χ1) is 10.7. The molecule has 1 fully saturated rings. The van der Waals surface area contributed by atoms with E-state index in [4.69, 9.17) is 15.2 Å². The van der Waals surface area contributed by atoms with Gasteiger partial charge < -0.3 is 20.1 Å². The highest BCUT2D eigenvalue weighted by atomic mass is 16.5. The fraction of sp³-hybridized carbons (Fsp3) is 0.375. The van der Waals surface area contributed by atoms with E-state index in [9.17, 15) is 0 Å². The van der Waals surface area contributed by atoms with Crippen LogP contribution in [0.25, 0.3) is 11.3 Å². The van der Waals surface area contributed by atoms with Crippen molar-refractivity contribution in [3.05, 3.63) is 29.8 Å². The van der Waals surface area contributed by atoms with Gasteiger partial charge in [0.05, 0.1) is 26.0 Å². The van der Waals surface area contributed by atoms with Gasteiger partial charge in [0, 0.05) is 24.3 Å². The Morgan fingerprint density at radius 2 is 1.95 bits per heavy atom. The molecule has 0 saturated carbocycles. The Labute approximate surface area is 129 Å². The van der Waals surface area contributed by atoms with Gasteiger partial charge in [-0.2, -0.15) is 0 Å². The summed E-state index contributed by atoms with van der Waals surface area (Å²) in [7, 11) is 1.61. The van der Waals surface area contributed by atoms with Crippen LogP contribution in [0.4, 0.5) is 11.4 Å². The van der Waals surface area contributed by atoms with E-state index in [0.29, 0.717) is 24.8 Å². The van der Waals surface area contributed by atoms with E-state index in [0.717, 1.165) is 35.6 Å². The molecule has 0 bridgehead atoms. The number of rotatable bonds is 3. The number of ether oxygens (including phenoxy) is 2. The summed E-state index contributed by atoms with van der Waals surface area (Å²) in [4.78, 5) is 2.21. The Bertz CT molecular complexity index is 669. The summed E-state index contributed by atoms with van der Waals surface area (Å²) in [6.07, 6.45) is 0. The Hall–Kier alpha value is -2.34. The Balaban J connectivity index is 2.04. The van der Waals surface area contributed by atoms with Gasteiger partial charge in [0.1, 0.15) is 5.69 Å². The summed E-state index contributed by atoms with van der Waals surface area (Å²) in [6.45, 7) is 5.08. The van der Waals surface area contributed by atoms with Crippen LogP contribution in [0.15, 0.2) is 24.3 Å². The average molecular weight is 300 g/mol. The van der Waals surface area contributed by atoms with Crippen molar-refractivity contribution >= 4 is 11.4 Å². The lowest BCUT2D eigenvalue weighted by molar-refractivity contribution is 0.122. The molecule has 1 aromatic heterocycles. The zero-order chi connectivity index (χ0) is 15.5. The van der Waals surface area contributed by atoms with Crippen LogP contribution in [0.2, 0.25) is 0 Å². The molecule has 116 valence electrons. The van der Waals surface area contributed by atoms with Crippen LogP contribution in [0, 0.1) is 6.92 Å². The van der Waals surface area contributed by atoms with E-state index in [-0.39, 0.29) is 0 Å². The lowest BCUT2D eigenvalue weighted by Gasteiger charge is -2.29. The van der Waals surface area contributed by atoms with Crippen molar-refractivity contribution < 1.29 is 9.47 Å². The fourth-order valence-electron chi connectivity index (χ4n) is 2.59. The Morgan fingerprint density at radius 3 is 2.68 bits per heavy atom. The number of hydrogen-bond acceptors (Lipinski definition) is 6. The second kappa shape index (κ2) is 6.19. The number of hydrogen-bond donors (Lipinski definition) is 1. The number of morpholine rings is 1. The standard InChI is InChI=1S/C16H20N4O2/c1-11-3-4-12(17)9-13(11)14-10-15(16(21-2)19-18-14)20-5-7-22-8-6-20/h3-4,9-10H,5-8,17H2,1-2H3. The highest BCUT2D eigenvalue weighted by molar-refractivity contribution is 5.72. The molecule has 6 heteroatoms. The van der Waals surface area contributed by atoms with Gasteiger partial charge in [-0.15, -0.1) is 10.2 Å². The van der Waals surface area contributed by atoms with E-state index in [2.05, 4.69) is 15.1 Å². The molecule has 0 amide bonds. The van der Waals surface area contributed by atoms with E-state index in [1.807, 2.05) is 31.2 Å². The van der Waals surface area contributed by atoms with Crippen LogP contribution in [0.5, 0.6) is 5.88 Å². The third kappa shape index (κ3) is 2.82. The first-order valence-corrected chi connectivity index (χ1v) is 7.30. The maximum absolute atomic E-state index is 5.90. The zero-order valence-corrected chi connectivity index (χ0v) is 12.9. The smallest absolute Gasteiger partial charge is 0.257 e. The summed E-state index contributed by atoms with van der Waals surface area (Å²) in [6, 6.07) is 7.82. The quantitative estimate of drug-likeness (QED) is 0.873. The van der Waals surface area contributed by atoms with Crippen LogP contribution in [0.1, 0.15) is 5.56 Å². The van der Waals surface area contributed by atoms with E-state index in [1.165, 1.54) is 0 Å². The van der Waals surface area contributed by atoms with Gasteiger partial charge in [-0.3, -0.25) is 0 Å². The summed E-state index contributed by atoms with van der Waals surface area (Å²) in [5.74, 6) is 0.534. The third-order valence-electron chi connectivity index (χ3n) is 3.82. The molecule has 0 unspecified atom stereocenters. The number of nitrogens with two attached hydrogens (primary N) is 1. The average Bonchev–Trinajstić information content (AvgIpc) is 2.57. The third-order valence-corrected chi connectivity index (χ3v) is 3.82. The van der Waals surface area contributed by atoms with E-state index < -0.39 is 0 Å². The molecule has 0 spiro atoms. The van der Waals surface area contributed by atoms with Crippen molar-refractivity contribution in [2.75, 3.05) is 44.0 Å². The lowest BCUT2D eigenvalue weighted by Crippen LogP contribution is -2.36. The van der Waals surface area contributed by atoms with Crippen molar-refractivity contribution in [2.24, 2.45) is 0 Å². The van der Waals surface area contributed by atoms with Crippen LogP contribution in [0.3, 0.4) is 0 Å². The normalized spacial score (nSPS) is 14.9. The number of benzene rings is 1. The number of aromatic nitrogens is 2. The van der Waals surface area contributed by atoms with E-state index >= 15 is 0 Å². The molecule has 1 aliphatic heterocycles. The van der Waals surface area contributed by atoms with Crippen LogP contribution < -0.4 is 15.4 Å². The highest BCUT2D eigenvalue weighted by Gasteiger charge is 2.19. The van der Waals surface area contributed by atoms with Crippen molar-refractivity contribution in [1.82, 2.24) is 10.2 Å². The summed E-state index contributed by atoms with van der Waals surface area (Å²) in [5, 5.41) is 8.51. The number of nitrogens with zero attached hydrogens (tertiary/aromatic N) is 3. The van der Waals surface area contributed by atoms with Gasteiger partial charge in [0.2, 0.25) is 0 Å². The van der Waals surface area contributed by atoms with Gasteiger partial charge >= 0.3 is 0 Å². The molecular weight excluding hydrogens is 280 g/mol. The fourth-order valence-corrected chi connectivity index (χ4v) is 2.59. The minimum Gasteiger partial charge on any atom is -0.478 e. The molecule has 22 heavy (non-hydrogen) atoms. The van der Waals surface area contributed by atoms with Gasteiger partial charge in [0.15, 0.2) is 0 Å². The molecule has 3 rings (SSSR count). The largest absolute Gasteiger partial charge is 0.478 e. The first-order valence-electron chi connectivity index (χ1n) is 7.30. The molecule has 1 aromatic carbocycles. The summed E-state index contributed by atoms with van der Waals surface area (Å²) < 4.78 is 10.8. The molecule has 2 N–H and O–H groups in total. The van der Waals surface area contributed by atoms with E-state index in [1.54, 1.807) is 7.11 Å². The molecular formula is C16H20N4O2. The number of aryl methyl sites for hydroxylation is 1. The second-order valence-corrected chi connectivity index (χ2v) is 5.30. The predicted octanol–water partition coefficient (Wildman–Crippen LogP) is 1.88. The molecule has 0 atom stereocenters. The van der Waals surface area contributed by atoms with Crippen LogP contribution in [-0.4, -0.2) is 43.6 Å². The second-order valence-electron chi connectivity index (χ2n) is 5.30. The maximum Gasteiger partial charge on any atom is 0.257 e. The van der Waals surface area contributed by atoms with Crippen molar-refractivity contribution in [3.63, 3.8) is 0 Å². The predicted molar refractivity (Wildman–Crippen MR) is 86.2 cm³/mol. The van der Waals surface area contributed by atoms with Gasteiger partial charge in [0.25, 0.3) is 5.88 Å². The molecule has 6 nitrogen and oxygen atoms in total. The van der Waals surface area contributed by atoms with Crippen molar-refractivity contribution in [1.29, 1.82) is 0 Å². The van der Waals surface area contributed by atoms with Crippen LogP contribution >= 0.6 is 0 Å². The van der Waals surface area contributed by atoms with Crippen molar-refractivity contribution in [3.8, 4) is 17.1 Å². The molecule has 2 aromatic rings. The molecule has 0 aliphatic carbocycles. The monoisotopic (exact) mass is 300 g/mol. The Kier molecular flexibility index (Phi) is 4.11. The number of methoxy groups -OCH3 is 1. The zero-order valence-electron chi connectivity index (χ0n) is 12.9. The molecule has 0 radical (unpaired) electrons. The van der Waals surface area contributed by atoms with Gasteiger partial charge in [-0.1, -0.05) is 6.07 Å². The van der Waals surface area contributed by atoms with Crippen molar-refractivity contribution in [2.45, 2.75) is 6.92 Å². The molecule has 1 aliphatic rings. The minimum absolute atomic E-state index is 0.534. The topological polar surface area (TPSA) is 73.5 Å². The first kappa shape index (κ1) is 14.6. The molecule has 1 saturated heterocycles. The highest BCUT2D eigenvalue weighted by Crippen LogP contribution is 2.32. The van der Waals surface area contributed by atoms with Crippen LogP contribution in [-0.2, 0) is 4.74 Å². The maximum atomic E-state index is 5.90.